The van der Waals surface area contributed by atoms with Gasteiger partial charge in [0, 0.05) is 28.7 Å². The maximum absolute atomic E-state index is 10.9. The Kier molecular flexibility index (Phi) is 10.3. The van der Waals surface area contributed by atoms with Gasteiger partial charge in [0.2, 0.25) is 0 Å². The summed E-state index contributed by atoms with van der Waals surface area (Å²) in [7, 11) is -2.76. The minimum Gasteiger partial charge on any atom is -0.507 e. The van der Waals surface area contributed by atoms with E-state index in [2.05, 4.69) is 156 Å². The van der Waals surface area contributed by atoms with Gasteiger partial charge in [-0.2, -0.15) is 0 Å². The van der Waals surface area contributed by atoms with Crippen molar-refractivity contribution in [2.45, 2.75) is 6.17 Å². The summed E-state index contributed by atoms with van der Waals surface area (Å²) < 4.78 is 0. The number of rotatable bonds is 11. The van der Waals surface area contributed by atoms with Crippen LogP contribution in [0.15, 0.2) is 217 Å². The van der Waals surface area contributed by atoms with Crippen molar-refractivity contribution in [2.24, 2.45) is 10.7 Å². The van der Waals surface area contributed by atoms with E-state index >= 15 is 0 Å². The lowest BCUT2D eigenvalue weighted by Gasteiger charge is -2.34. The van der Waals surface area contributed by atoms with Crippen molar-refractivity contribution in [1.29, 1.82) is 0 Å². The van der Waals surface area contributed by atoms with Crippen LogP contribution in [0.5, 0.6) is 5.75 Å². The van der Waals surface area contributed by atoms with Crippen molar-refractivity contribution in [2.75, 3.05) is 5.32 Å². The molecule has 266 valence electrons. The highest BCUT2D eigenvalue weighted by molar-refractivity contribution is 7.19. The molecule has 0 heterocycles. The van der Waals surface area contributed by atoms with Gasteiger partial charge in [-0.05, 0) is 67.3 Å². The van der Waals surface area contributed by atoms with E-state index in [1.807, 2.05) is 66.9 Å². The van der Waals surface area contributed by atoms with Gasteiger partial charge in [-0.25, -0.2) is 0 Å². The number of hydrogen-bond acceptors (Lipinski definition) is 4. The van der Waals surface area contributed by atoms with Crippen LogP contribution in [0, 0.1) is 0 Å². The number of nitrogens with two attached hydrogens (primary N) is 1. The Hall–Kier alpha value is -6.79. The van der Waals surface area contributed by atoms with Gasteiger partial charge in [-0.1, -0.05) is 188 Å². The lowest BCUT2D eigenvalue weighted by molar-refractivity contribution is 0.477. The third kappa shape index (κ3) is 7.40. The molecular weight excluding hydrogens is 687 g/mol. The van der Waals surface area contributed by atoms with E-state index < -0.39 is 14.2 Å². The summed E-state index contributed by atoms with van der Waals surface area (Å²) in [4.78, 5) is 4.65. The number of phenols is 1. The zero-order chi connectivity index (χ0) is 37.5. The average Bonchev–Trinajstić information content (AvgIpc) is 3.25. The third-order valence-electron chi connectivity index (χ3n) is 10.2. The summed E-state index contributed by atoms with van der Waals surface area (Å²) in [6.07, 6.45) is 1.37. The molecular formula is C50H41N3OSi. The standard InChI is InChI=1S/C50H41N3OSi/c51-50(38-18-5-1-6-19-38)52-36-37-17-15-21-41(33-37)53-48-35-40(47-29-13-14-30-49(47)54)31-32-46(48)39-20-16-28-45(34-39)55(42-22-7-2-8-23-42,43-24-9-3-10-25-43)44-26-11-4-12-27-44/h1-36,50,53-54H,51H2/b52-36+. The molecule has 0 aliphatic heterocycles. The van der Waals surface area contributed by atoms with E-state index in [4.69, 9.17) is 5.73 Å². The molecule has 8 aromatic carbocycles. The monoisotopic (exact) mass is 727 g/mol. The SMILES string of the molecule is NC(/N=C/c1cccc(Nc2cc(-c3ccccc3O)ccc2-c2cccc([Si](c3ccccc3)(c3ccccc3)c3ccccc3)c2)c1)c1ccccc1. The van der Waals surface area contributed by atoms with E-state index in [1.165, 1.54) is 20.7 Å². The molecule has 0 saturated heterocycles. The highest BCUT2D eigenvalue weighted by Crippen LogP contribution is 2.37. The van der Waals surface area contributed by atoms with Crippen LogP contribution >= 0.6 is 0 Å². The van der Waals surface area contributed by atoms with Gasteiger partial charge in [0.1, 0.15) is 11.9 Å². The second kappa shape index (κ2) is 16.1. The summed E-state index contributed by atoms with van der Waals surface area (Å²) >= 11 is 0. The first-order valence-electron chi connectivity index (χ1n) is 18.5. The molecule has 4 nitrogen and oxygen atoms in total. The zero-order valence-corrected chi connectivity index (χ0v) is 31.3. The fourth-order valence-corrected chi connectivity index (χ4v) is 12.3. The van der Waals surface area contributed by atoms with Crippen molar-refractivity contribution >= 4 is 46.4 Å². The van der Waals surface area contributed by atoms with Crippen LogP contribution < -0.4 is 31.8 Å². The van der Waals surface area contributed by atoms with Gasteiger partial charge in [0.05, 0.1) is 0 Å². The molecule has 8 aromatic rings. The van der Waals surface area contributed by atoms with Crippen LogP contribution in [0.2, 0.25) is 0 Å². The molecule has 0 radical (unpaired) electrons. The third-order valence-corrected chi connectivity index (χ3v) is 14.9. The summed E-state index contributed by atoms with van der Waals surface area (Å²) in [5, 5.41) is 19.9. The van der Waals surface area contributed by atoms with Crippen LogP contribution in [-0.4, -0.2) is 19.4 Å². The lowest BCUT2D eigenvalue weighted by atomic mass is 9.97. The highest BCUT2D eigenvalue weighted by Gasteiger charge is 2.41. The smallest absolute Gasteiger partial charge is 0.179 e. The minimum absolute atomic E-state index is 0.237. The molecule has 5 heteroatoms. The summed E-state index contributed by atoms with van der Waals surface area (Å²) in [6, 6.07) is 73.9. The predicted molar refractivity (Wildman–Crippen MR) is 233 cm³/mol. The van der Waals surface area contributed by atoms with Crippen molar-refractivity contribution in [3.8, 4) is 28.0 Å². The van der Waals surface area contributed by atoms with E-state index in [9.17, 15) is 5.11 Å². The van der Waals surface area contributed by atoms with Gasteiger partial charge >= 0.3 is 0 Å². The van der Waals surface area contributed by atoms with E-state index in [0.29, 0.717) is 0 Å². The zero-order valence-electron chi connectivity index (χ0n) is 30.3. The number of aromatic hydroxyl groups is 1. The first-order chi connectivity index (χ1) is 27.1. The molecule has 0 amide bonds. The number of nitrogens with one attached hydrogen (secondary N) is 1. The van der Waals surface area contributed by atoms with Gasteiger partial charge in [0.25, 0.3) is 0 Å². The lowest BCUT2D eigenvalue weighted by Crippen LogP contribution is -2.74. The van der Waals surface area contributed by atoms with Crippen molar-refractivity contribution in [3.63, 3.8) is 0 Å². The van der Waals surface area contributed by atoms with Crippen LogP contribution in [0.4, 0.5) is 11.4 Å². The second-order valence-electron chi connectivity index (χ2n) is 13.6. The highest BCUT2D eigenvalue weighted by atomic mass is 28.3. The Bertz CT molecular complexity index is 2440. The summed E-state index contributed by atoms with van der Waals surface area (Å²) in [5.74, 6) is 0.237. The molecule has 1 unspecified atom stereocenters. The van der Waals surface area contributed by atoms with Gasteiger partial charge < -0.3 is 16.2 Å². The number of benzene rings is 8. The number of hydrogen-bond donors (Lipinski definition) is 3. The maximum atomic E-state index is 10.9. The van der Waals surface area contributed by atoms with E-state index in [0.717, 1.165) is 44.8 Å². The Balaban J connectivity index is 1.26. The number of para-hydroxylation sites is 1. The molecule has 0 fully saturated rings. The van der Waals surface area contributed by atoms with Gasteiger partial charge in [-0.15, -0.1) is 0 Å². The molecule has 0 spiro atoms. The quantitative estimate of drug-likeness (QED) is 0.0708. The number of aliphatic imine (C=N–C) groups is 1. The Morgan fingerprint density at radius 2 is 1.04 bits per heavy atom. The molecule has 0 aromatic heterocycles. The van der Waals surface area contributed by atoms with Crippen LogP contribution in [0.25, 0.3) is 22.3 Å². The molecule has 55 heavy (non-hydrogen) atoms. The topological polar surface area (TPSA) is 70.6 Å². The van der Waals surface area contributed by atoms with Gasteiger partial charge in [0.15, 0.2) is 8.07 Å². The first-order valence-corrected chi connectivity index (χ1v) is 20.5. The van der Waals surface area contributed by atoms with Gasteiger partial charge in [-0.3, -0.25) is 4.99 Å². The van der Waals surface area contributed by atoms with Crippen LogP contribution in [0.3, 0.4) is 0 Å². The fraction of sp³-hybridized carbons (Fsp3) is 0.0200. The molecule has 0 bridgehead atoms. The van der Waals surface area contributed by atoms with Crippen molar-refractivity contribution in [3.05, 3.63) is 223 Å². The molecule has 0 aliphatic rings. The van der Waals surface area contributed by atoms with Crippen LogP contribution in [0.1, 0.15) is 17.3 Å². The minimum atomic E-state index is -2.76. The van der Waals surface area contributed by atoms with E-state index in [-0.39, 0.29) is 5.75 Å². The Morgan fingerprint density at radius 1 is 0.491 bits per heavy atom. The molecule has 4 N–H and O–H groups in total. The average molecular weight is 728 g/mol. The predicted octanol–water partition coefficient (Wildman–Crippen LogP) is 8.92. The number of phenolic OH excluding ortho intramolecular Hbond substituents is 1. The normalized spacial score (nSPS) is 12.0. The second-order valence-corrected chi connectivity index (χ2v) is 17.4. The molecule has 0 saturated carbocycles. The Labute approximate surface area is 324 Å². The molecule has 8 rings (SSSR count). The summed E-state index contributed by atoms with van der Waals surface area (Å²) in [6.45, 7) is 0. The fourth-order valence-electron chi connectivity index (χ4n) is 7.52. The molecule has 1 atom stereocenters. The van der Waals surface area contributed by atoms with Crippen LogP contribution in [-0.2, 0) is 0 Å². The van der Waals surface area contributed by atoms with Crippen molar-refractivity contribution < 1.29 is 5.11 Å². The number of nitrogens with zero attached hydrogens (tertiary/aromatic N) is 1. The first kappa shape index (κ1) is 35.2. The van der Waals surface area contributed by atoms with E-state index in [1.54, 1.807) is 6.07 Å². The van der Waals surface area contributed by atoms with Crippen molar-refractivity contribution in [1.82, 2.24) is 0 Å². The largest absolute Gasteiger partial charge is 0.507 e. The molecule has 0 aliphatic carbocycles. The maximum Gasteiger partial charge on any atom is 0.179 e. The summed E-state index contributed by atoms with van der Waals surface area (Å²) in [5.41, 5.74) is 13.9. The number of anilines is 2. The Morgan fingerprint density at radius 3 is 1.67 bits per heavy atom.